The molecule has 6 heteroatoms. The van der Waals surface area contributed by atoms with E-state index in [2.05, 4.69) is 0 Å². The van der Waals surface area contributed by atoms with E-state index in [1.54, 1.807) is 23.6 Å². The Labute approximate surface area is 119 Å². The van der Waals surface area contributed by atoms with E-state index >= 15 is 0 Å². The maximum atomic E-state index is 12.3. The molecule has 5 nitrogen and oxygen atoms in total. The first-order valence-corrected chi connectivity index (χ1v) is 8.22. The van der Waals surface area contributed by atoms with E-state index in [4.69, 9.17) is 10.5 Å². The molecule has 1 fully saturated rings. The van der Waals surface area contributed by atoms with E-state index in [1.165, 1.54) is 0 Å². The van der Waals surface area contributed by atoms with Crippen molar-refractivity contribution in [1.29, 1.82) is 0 Å². The number of carbonyl (C=O) groups excluding carboxylic acids is 2. The third-order valence-corrected chi connectivity index (χ3v) is 3.94. The number of likely N-dealkylation sites (tertiary alicyclic amines) is 1. The van der Waals surface area contributed by atoms with Crippen LogP contribution in [0.15, 0.2) is 0 Å². The molecule has 0 aromatic rings. The summed E-state index contributed by atoms with van der Waals surface area (Å²) in [7, 11) is 0. The first kappa shape index (κ1) is 16.3. The minimum atomic E-state index is -0.512. The molecule has 19 heavy (non-hydrogen) atoms. The number of esters is 1. The van der Waals surface area contributed by atoms with Crippen LogP contribution in [0.3, 0.4) is 0 Å². The fourth-order valence-corrected chi connectivity index (χ4v) is 2.75. The van der Waals surface area contributed by atoms with Crippen LogP contribution in [-0.4, -0.2) is 54.0 Å². The third-order valence-electron chi connectivity index (χ3n) is 3.29. The molecular weight excluding hydrogens is 264 g/mol. The lowest BCUT2D eigenvalue weighted by atomic mass is 10.0. The Morgan fingerprint density at radius 2 is 2.21 bits per heavy atom. The van der Waals surface area contributed by atoms with E-state index in [0.717, 1.165) is 18.6 Å². The van der Waals surface area contributed by atoms with Gasteiger partial charge >= 0.3 is 5.97 Å². The summed E-state index contributed by atoms with van der Waals surface area (Å²) in [6, 6.07) is -0.955. The molecule has 0 saturated carbocycles. The highest BCUT2D eigenvalue weighted by molar-refractivity contribution is 7.98. The third kappa shape index (κ3) is 4.69. The first-order chi connectivity index (χ1) is 9.11. The standard InChI is InChI=1S/C13H24N2O3S/c1-3-18-13(17)11-6-4-5-8-15(11)12(16)10(14)7-9-19-2/h10-11H,3-9,14H2,1-2H3/t10-,11?/m1/s1. The van der Waals surface area contributed by atoms with Crippen molar-refractivity contribution in [3.63, 3.8) is 0 Å². The highest BCUT2D eigenvalue weighted by Gasteiger charge is 2.34. The number of hydrogen-bond donors (Lipinski definition) is 1. The van der Waals surface area contributed by atoms with Gasteiger partial charge in [0.15, 0.2) is 0 Å². The minimum absolute atomic E-state index is 0.119. The van der Waals surface area contributed by atoms with Gasteiger partial charge < -0.3 is 15.4 Å². The van der Waals surface area contributed by atoms with Crippen LogP contribution in [0.2, 0.25) is 0 Å². The topological polar surface area (TPSA) is 72.6 Å². The number of amides is 1. The Morgan fingerprint density at radius 1 is 1.47 bits per heavy atom. The molecule has 2 atom stereocenters. The molecule has 0 aromatic heterocycles. The van der Waals surface area contributed by atoms with E-state index < -0.39 is 12.1 Å². The van der Waals surface area contributed by atoms with Crippen LogP contribution in [0.25, 0.3) is 0 Å². The van der Waals surface area contributed by atoms with Crippen LogP contribution >= 0.6 is 11.8 Å². The summed E-state index contributed by atoms with van der Waals surface area (Å²) < 4.78 is 5.04. The maximum absolute atomic E-state index is 12.3. The van der Waals surface area contributed by atoms with Gasteiger partial charge in [-0.3, -0.25) is 4.79 Å². The first-order valence-electron chi connectivity index (χ1n) is 6.83. The molecule has 1 aliphatic rings. The molecule has 1 rings (SSSR count). The predicted octanol–water partition coefficient (Wildman–Crippen LogP) is 1.01. The molecular formula is C13H24N2O3S. The summed E-state index contributed by atoms with van der Waals surface area (Å²) in [6.07, 6.45) is 5.19. The summed E-state index contributed by atoms with van der Waals surface area (Å²) in [5.41, 5.74) is 5.91. The quantitative estimate of drug-likeness (QED) is 0.739. The fraction of sp³-hybridized carbons (Fsp3) is 0.846. The van der Waals surface area contributed by atoms with Crippen LogP contribution in [0.4, 0.5) is 0 Å². The van der Waals surface area contributed by atoms with Gasteiger partial charge in [0.2, 0.25) is 5.91 Å². The van der Waals surface area contributed by atoms with Crippen LogP contribution in [-0.2, 0) is 14.3 Å². The van der Waals surface area contributed by atoms with Gasteiger partial charge in [-0.2, -0.15) is 11.8 Å². The van der Waals surface area contributed by atoms with Gasteiger partial charge in [-0.15, -0.1) is 0 Å². The number of nitrogens with two attached hydrogens (primary N) is 1. The summed E-state index contributed by atoms with van der Waals surface area (Å²) >= 11 is 1.67. The molecule has 1 aliphatic heterocycles. The summed E-state index contributed by atoms with van der Waals surface area (Å²) in [6.45, 7) is 2.72. The Kier molecular flexibility index (Phi) is 7.23. The lowest BCUT2D eigenvalue weighted by Gasteiger charge is -2.35. The number of carbonyl (C=O) groups is 2. The van der Waals surface area contributed by atoms with Crippen molar-refractivity contribution < 1.29 is 14.3 Å². The molecule has 1 amide bonds. The normalized spacial score (nSPS) is 21.0. The van der Waals surface area contributed by atoms with Crippen molar-refractivity contribution in [3.05, 3.63) is 0 Å². The van der Waals surface area contributed by atoms with E-state index in [0.29, 0.717) is 26.0 Å². The number of thioether (sulfide) groups is 1. The SMILES string of the molecule is CCOC(=O)C1CCCCN1C(=O)[C@H](N)CCSC. The molecule has 0 spiro atoms. The second kappa shape index (κ2) is 8.43. The van der Waals surface area contributed by atoms with Crippen LogP contribution in [0, 0.1) is 0 Å². The Bertz CT molecular complexity index is 312. The molecule has 1 unspecified atom stereocenters. The Hall–Kier alpha value is -0.750. The number of rotatable bonds is 6. The molecule has 0 aromatic carbocycles. The van der Waals surface area contributed by atoms with Crippen molar-refractivity contribution in [2.45, 2.75) is 44.7 Å². The predicted molar refractivity (Wildman–Crippen MR) is 77.0 cm³/mol. The zero-order valence-electron chi connectivity index (χ0n) is 11.8. The molecule has 0 radical (unpaired) electrons. The second-order valence-electron chi connectivity index (χ2n) is 4.68. The average Bonchev–Trinajstić information content (AvgIpc) is 2.44. The van der Waals surface area contributed by atoms with Gasteiger partial charge in [0.25, 0.3) is 0 Å². The van der Waals surface area contributed by atoms with Gasteiger partial charge in [-0.1, -0.05) is 0 Å². The molecule has 1 saturated heterocycles. The highest BCUT2D eigenvalue weighted by atomic mass is 32.2. The zero-order chi connectivity index (χ0) is 14.3. The van der Waals surface area contributed by atoms with Gasteiger partial charge in [0.05, 0.1) is 12.6 Å². The van der Waals surface area contributed by atoms with Crippen molar-refractivity contribution >= 4 is 23.6 Å². The largest absolute Gasteiger partial charge is 0.464 e. The number of nitrogens with zero attached hydrogens (tertiary/aromatic N) is 1. The molecule has 2 N–H and O–H groups in total. The second-order valence-corrected chi connectivity index (χ2v) is 5.67. The van der Waals surface area contributed by atoms with Gasteiger partial charge in [-0.25, -0.2) is 4.79 Å². The fourth-order valence-electron chi connectivity index (χ4n) is 2.26. The van der Waals surface area contributed by atoms with Crippen LogP contribution in [0.1, 0.15) is 32.6 Å². The summed E-state index contributed by atoms with van der Waals surface area (Å²) in [5, 5.41) is 0. The van der Waals surface area contributed by atoms with E-state index in [1.807, 2.05) is 6.26 Å². The summed E-state index contributed by atoms with van der Waals surface area (Å²) in [5.74, 6) is 0.435. The van der Waals surface area contributed by atoms with Gasteiger partial charge in [0.1, 0.15) is 6.04 Å². The smallest absolute Gasteiger partial charge is 0.328 e. The van der Waals surface area contributed by atoms with Crippen molar-refractivity contribution in [2.24, 2.45) is 5.73 Å². The lowest BCUT2D eigenvalue weighted by Crippen LogP contribution is -2.54. The maximum Gasteiger partial charge on any atom is 0.328 e. The lowest BCUT2D eigenvalue weighted by molar-refractivity contribution is -0.157. The van der Waals surface area contributed by atoms with Crippen LogP contribution < -0.4 is 5.73 Å². The van der Waals surface area contributed by atoms with Crippen LogP contribution in [0.5, 0.6) is 0 Å². The van der Waals surface area contributed by atoms with Gasteiger partial charge in [-0.05, 0) is 44.6 Å². The molecule has 110 valence electrons. The number of hydrogen-bond acceptors (Lipinski definition) is 5. The molecule has 0 bridgehead atoms. The van der Waals surface area contributed by atoms with Crippen molar-refractivity contribution in [3.8, 4) is 0 Å². The number of ether oxygens (including phenoxy) is 1. The van der Waals surface area contributed by atoms with Crippen molar-refractivity contribution in [1.82, 2.24) is 4.90 Å². The molecule has 1 heterocycles. The Balaban J connectivity index is 2.65. The number of piperidine rings is 1. The highest BCUT2D eigenvalue weighted by Crippen LogP contribution is 2.19. The van der Waals surface area contributed by atoms with Gasteiger partial charge in [0, 0.05) is 6.54 Å². The van der Waals surface area contributed by atoms with E-state index in [-0.39, 0.29) is 11.9 Å². The summed E-state index contributed by atoms with van der Waals surface area (Å²) in [4.78, 5) is 25.8. The van der Waals surface area contributed by atoms with Crippen molar-refractivity contribution in [2.75, 3.05) is 25.2 Å². The average molecular weight is 288 g/mol. The molecule has 0 aliphatic carbocycles. The zero-order valence-corrected chi connectivity index (χ0v) is 12.6. The minimum Gasteiger partial charge on any atom is -0.464 e. The monoisotopic (exact) mass is 288 g/mol. The van der Waals surface area contributed by atoms with E-state index in [9.17, 15) is 9.59 Å². The Morgan fingerprint density at radius 3 is 2.84 bits per heavy atom.